The molecule has 0 saturated carbocycles. The van der Waals surface area contributed by atoms with E-state index in [1.54, 1.807) is 16.4 Å². The van der Waals surface area contributed by atoms with Crippen LogP contribution in [0.15, 0.2) is 35.5 Å². The van der Waals surface area contributed by atoms with Gasteiger partial charge in [0, 0.05) is 11.3 Å². The van der Waals surface area contributed by atoms with Gasteiger partial charge in [0.1, 0.15) is 0 Å². The van der Waals surface area contributed by atoms with Gasteiger partial charge in [-0.25, -0.2) is 4.68 Å². The highest BCUT2D eigenvalue weighted by Gasteiger charge is 2.11. The quantitative estimate of drug-likeness (QED) is 0.494. The van der Waals surface area contributed by atoms with Gasteiger partial charge >= 0.3 is 0 Å². The molecular weight excluding hydrogens is 244 g/mol. The molecule has 0 aliphatic heterocycles. The van der Waals surface area contributed by atoms with Gasteiger partial charge in [0.2, 0.25) is 5.16 Å². The molecule has 2 rings (SSSR count). The van der Waals surface area contributed by atoms with Crippen molar-refractivity contribution in [3.8, 4) is 11.4 Å². The van der Waals surface area contributed by atoms with Crippen LogP contribution in [0.1, 0.15) is 26.2 Å². The van der Waals surface area contributed by atoms with Crippen molar-refractivity contribution in [3.63, 3.8) is 0 Å². The molecule has 0 aliphatic carbocycles. The number of hydrogen-bond acceptors (Lipinski definition) is 4. The number of aromatic nitrogens is 3. The monoisotopic (exact) mass is 262 g/mol. The fraction of sp³-hybridized carbons (Fsp3) is 0.385. The van der Waals surface area contributed by atoms with E-state index in [0.717, 1.165) is 16.5 Å². The molecule has 0 bridgehead atoms. The van der Waals surface area contributed by atoms with E-state index in [1.165, 1.54) is 19.3 Å². The van der Waals surface area contributed by atoms with Crippen molar-refractivity contribution >= 4 is 11.8 Å². The maximum Gasteiger partial charge on any atom is 0.210 e. The van der Waals surface area contributed by atoms with Crippen molar-refractivity contribution in [1.29, 1.82) is 0 Å². The fourth-order valence-electron chi connectivity index (χ4n) is 1.68. The first-order chi connectivity index (χ1) is 8.83. The van der Waals surface area contributed by atoms with Crippen molar-refractivity contribution in [2.45, 2.75) is 31.3 Å². The molecule has 18 heavy (non-hydrogen) atoms. The molecule has 2 N–H and O–H groups in total. The molecule has 1 aromatic carbocycles. The van der Waals surface area contributed by atoms with Crippen LogP contribution in [0.2, 0.25) is 0 Å². The van der Waals surface area contributed by atoms with Crippen molar-refractivity contribution in [1.82, 2.24) is 14.9 Å². The van der Waals surface area contributed by atoms with Crippen molar-refractivity contribution < 1.29 is 0 Å². The molecule has 1 aromatic heterocycles. The van der Waals surface area contributed by atoms with Crippen LogP contribution in [0.4, 0.5) is 0 Å². The molecule has 0 saturated heterocycles. The van der Waals surface area contributed by atoms with E-state index in [9.17, 15) is 0 Å². The van der Waals surface area contributed by atoms with Crippen LogP contribution < -0.4 is 5.84 Å². The molecule has 5 heteroatoms. The Morgan fingerprint density at radius 3 is 2.67 bits per heavy atom. The Hall–Kier alpha value is -1.49. The molecule has 4 nitrogen and oxygen atoms in total. The molecule has 0 spiro atoms. The number of unbranched alkanes of at least 4 members (excludes halogenated alkanes) is 2. The lowest BCUT2D eigenvalue weighted by Gasteiger charge is -2.03. The summed E-state index contributed by atoms with van der Waals surface area (Å²) < 4.78 is 1.58. The van der Waals surface area contributed by atoms with Gasteiger partial charge in [-0.15, -0.1) is 10.2 Å². The van der Waals surface area contributed by atoms with E-state index in [0.29, 0.717) is 5.82 Å². The lowest BCUT2D eigenvalue weighted by molar-refractivity contribution is 0.774. The average molecular weight is 262 g/mol. The van der Waals surface area contributed by atoms with Gasteiger partial charge in [-0.3, -0.25) is 0 Å². The number of nitrogens with zero attached hydrogens (tertiary/aromatic N) is 3. The summed E-state index contributed by atoms with van der Waals surface area (Å²) in [6, 6.07) is 9.88. The summed E-state index contributed by atoms with van der Waals surface area (Å²) in [4.78, 5) is 0. The highest BCUT2D eigenvalue weighted by atomic mass is 32.2. The van der Waals surface area contributed by atoms with Crippen LogP contribution in [0.5, 0.6) is 0 Å². The van der Waals surface area contributed by atoms with E-state index >= 15 is 0 Å². The topological polar surface area (TPSA) is 56.7 Å². The van der Waals surface area contributed by atoms with Crippen LogP contribution in [0.25, 0.3) is 11.4 Å². The van der Waals surface area contributed by atoms with E-state index in [1.807, 2.05) is 30.3 Å². The Morgan fingerprint density at radius 2 is 1.94 bits per heavy atom. The molecule has 96 valence electrons. The van der Waals surface area contributed by atoms with E-state index < -0.39 is 0 Å². The SMILES string of the molecule is CCCCCSc1nnc(-c2ccccc2)n1N. The maximum atomic E-state index is 6.02. The second kappa shape index (κ2) is 6.44. The highest BCUT2D eigenvalue weighted by molar-refractivity contribution is 7.99. The van der Waals surface area contributed by atoms with E-state index in [4.69, 9.17) is 5.84 Å². The number of nitrogens with two attached hydrogens (primary N) is 1. The lowest BCUT2D eigenvalue weighted by Crippen LogP contribution is -2.11. The average Bonchev–Trinajstić information content (AvgIpc) is 2.77. The minimum atomic E-state index is 0.716. The molecule has 0 fully saturated rings. The van der Waals surface area contributed by atoms with Gasteiger partial charge in [-0.2, -0.15) is 0 Å². The number of benzene rings is 1. The van der Waals surface area contributed by atoms with Gasteiger partial charge in [0.15, 0.2) is 5.82 Å². The number of hydrogen-bond donors (Lipinski definition) is 1. The minimum Gasteiger partial charge on any atom is -0.335 e. The smallest absolute Gasteiger partial charge is 0.210 e. The second-order valence-electron chi connectivity index (χ2n) is 4.10. The third kappa shape index (κ3) is 3.04. The van der Waals surface area contributed by atoms with E-state index in [2.05, 4.69) is 17.1 Å². The van der Waals surface area contributed by atoms with Crippen molar-refractivity contribution in [3.05, 3.63) is 30.3 Å². The Bertz CT molecular complexity index is 481. The Labute approximate surface area is 112 Å². The summed E-state index contributed by atoms with van der Waals surface area (Å²) in [6.45, 7) is 2.20. The minimum absolute atomic E-state index is 0.716. The zero-order chi connectivity index (χ0) is 12.8. The molecule has 0 radical (unpaired) electrons. The van der Waals surface area contributed by atoms with Crippen LogP contribution in [-0.4, -0.2) is 20.6 Å². The highest BCUT2D eigenvalue weighted by Crippen LogP contribution is 2.21. The largest absolute Gasteiger partial charge is 0.335 e. The zero-order valence-corrected chi connectivity index (χ0v) is 11.4. The predicted molar refractivity (Wildman–Crippen MR) is 75.9 cm³/mol. The van der Waals surface area contributed by atoms with Gasteiger partial charge in [-0.05, 0) is 6.42 Å². The van der Waals surface area contributed by atoms with Crippen molar-refractivity contribution in [2.75, 3.05) is 11.6 Å². The third-order valence-corrected chi connectivity index (χ3v) is 3.70. The Morgan fingerprint density at radius 1 is 1.17 bits per heavy atom. The van der Waals surface area contributed by atoms with Gasteiger partial charge in [0.05, 0.1) is 0 Å². The van der Waals surface area contributed by atoms with Crippen molar-refractivity contribution in [2.24, 2.45) is 0 Å². The Kier molecular flexibility index (Phi) is 4.64. The summed E-state index contributed by atoms with van der Waals surface area (Å²) in [7, 11) is 0. The zero-order valence-electron chi connectivity index (χ0n) is 10.5. The molecule has 0 amide bonds. The predicted octanol–water partition coefficient (Wildman–Crippen LogP) is 2.94. The lowest BCUT2D eigenvalue weighted by atomic mass is 10.2. The third-order valence-electron chi connectivity index (χ3n) is 2.68. The Balaban J connectivity index is 2.05. The molecule has 2 aromatic rings. The van der Waals surface area contributed by atoms with Crippen LogP contribution in [0, 0.1) is 0 Å². The van der Waals surface area contributed by atoms with Gasteiger partial charge < -0.3 is 5.84 Å². The first-order valence-electron chi connectivity index (χ1n) is 6.21. The molecule has 0 unspecified atom stereocenters. The number of thioether (sulfide) groups is 1. The molecular formula is C13H18N4S. The number of rotatable bonds is 6. The first kappa shape index (κ1) is 13.0. The van der Waals surface area contributed by atoms with Crippen LogP contribution in [0.3, 0.4) is 0 Å². The first-order valence-corrected chi connectivity index (χ1v) is 7.20. The fourth-order valence-corrected chi connectivity index (χ4v) is 2.53. The van der Waals surface area contributed by atoms with Crippen LogP contribution in [-0.2, 0) is 0 Å². The molecule has 0 aliphatic rings. The van der Waals surface area contributed by atoms with Crippen LogP contribution >= 0.6 is 11.8 Å². The standard InChI is InChI=1S/C13H18N4S/c1-2-3-7-10-18-13-16-15-12(17(13)14)11-8-5-4-6-9-11/h4-6,8-9H,2-3,7,10,14H2,1H3. The second-order valence-corrected chi connectivity index (χ2v) is 5.16. The summed E-state index contributed by atoms with van der Waals surface area (Å²) in [5.41, 5.74) is 0.993. The maximum absolute atomic E-state index is 6.02. The van der Waals surface area contributed by atoms with Gasteiger partial charge in [0.25, 0.3) is 0 Å². The number of nitrogen functional groups attached to an aromatic ring is 1. The summed E-state index contributed by atoms with van der Waals surface area (Å²) >= 11 is 1.67. The molecule has 1 heterocycles. The van der Waals surface area contributed by atoms with Gasteiger partial charge in [-0.1, -0.05) is 61.9 Å². The summed E-state index contributed by atoms with van der Waals surface area (Å²) in [6.07, 6.45) is 3.66. The summed E-state index contributed by atoms with van der Waals surface area (Å²) in [5.74, 6) is 7.78. The van der Waals surface area contributed by atoms with E-state index in [-0.39, 0.29) is 0 Å². The normalized spacial score (nSPS) is 10.7. The molecule has 0 atom stereocenters. The summed E-state index contributed by atoms with van der Waals surface area (Å²) in [5, 5.41) is 9.08.